The van der Waals surface area contributed by atoms with Gasteiger partial charge < -0.3 is 5.32 Å². The van der Waals surface area contributed by atoms with E-state index < -0.39 is 0 Å². The topological polar surface area (TPSA) is 42.0 Å². The molecule has 5 heteroatoms. The fourth-order valence-electron chi connectivity index (χ4n) is 2.04. The van der Waals surface area contributed by atoms with Crippen molar-refractivity contribution in [2.45, 2.75) is 50.4 Å². The van der Waals surface area contributed by atoms with Gasteiger partial charge in [0.25, 0.3) is 0 Å². The van der Waals surface area contributed by atoms with Gasteiger partial charge in [-0.3, -0.25) is 4.79 Å². The van der Waals surface area contributed by atoms with E-state index in [0.29, 0.717) is 5.75 Å². The Morgan fingerprint density at radius 3 is 2.81 bits per heavy atom. The Labute approximate surface area is 134 Å². The number of aryl methyl sites for hydroxylation is 1. The van der Waals surface area contributed by atoms with Crippen LogP contribution in [-0.2, 0) is 11.2 Å². The van der Waals surface area contributed by atoms with Crippen LogP contribution in [0.3, 0.4) is 0 Å². The van der Waals surface area contributed by atoms with Crippen molar-refractivity contribution in [3.05, 3.63) is 23.8 Å². The summed E-state index contributed by atoms with van der Waals surface area (Å²) >= 11 is 3.18. The van der Waals surface area contributed by atoms with E-state index in [-0.39, 0.29) is 11.4 Å². The van der Waals surface area contributed by atoms with Crippen LogP contribution in [0.15, 0.2) is 22.5 Å². The van der Waals surface area contributed by atoms with E-state index in [9.17, 15) is 4.79 Å². The minimum atomic E-state index is -0.180. The first-order valence-corrected chi connectivity index (χ1v) is 9.01. The van der Waals surface area contributed by atoms with Gasteiger partial charge in [-0.1, -0.05) is 31.2 Å². The molecule has 0 aliphatic carbocycles. The predicted octanol–water partition coefficient (Wildman–Crippen LogP) is 4.26. The number of thiazole rings is 1. The van der Waals surface area contributed by atoms with Gasteiger partial charge in [0, 0.05) is 5.54 Å². The van der Waals surface area contributed by atoms with E-state index in [0.717, 1.165) is 22.7 Å². The molecule has 0 aliphatic rings. The summed E-state index contributed by atoms with van der Waals surface area (Å²) in [6.07, 6.45) is 2.25. The Balaban J connectivity index is 2.01. The van der Waals surface area contributed by atoms with E-state index in [4.69, 9.17) is 0 Å². The second-order valence-corrected chi connectivity index (χ2v) is 8.37. The Morgan fingerprint density at radius 2 is 2.14 bits per heavy atom. The van der Waals surface area contributed by atoms with Gasteiger partial charge in [0.15, 0.2) is 4.34 Å². The zero-order valence-corrected chi connectivity index (χ0v) is 14.7. The SMILES string of the molecule is CCCc1ccc2nc(SCC(=O)NC(C)(C)C)sc2c1. The van der Waals surface area contributed by atoms with Crippen molar-refractivity contribution in [3.63, 3.8) is 0 Å². The first-order chi connectivity index (χ1) is 9.87. The van der Waals surface area contributed by atoms with Crippen LogP contribution < -0.4 is 5.32 Å². The second-order valence-electron chi connectivity index (χ2n) is 6.12. The molecule has 1 amide bonds. The fourth-order valence-corrected chi connectivity index (χ4v) is 3.97. The van der Waals surface area contributed by atoms with Crippen LogP contribution in [0.5, 0.6) is 0 Å². The van der Waals surface area contributed by atoms with Crippen molar-refractivity contribution in [2.75, 3.05) is 5.75 Å². The van der Waals surface area contributed by atoms with Crippen LogP contribution in [0, 0.1) is 0 Å². The third-order valence-electron chi connectivity index (χ3n) is 2.81. The number of fused-ring (bicyclic) bond motifs is 1. The van der Waals surface area contributed by atoms with Crippen molar-refractivity contribution >= 4 is 39.2 Å². The van der Waals surface area contributed by atoms with E-state index in [1.165, 1.54) is 22.0 Å². The molecule has 2 aromatic rings. The smallest absolute Gasteiger partial charge is 0.230 e. The Hall–Kier alpha value is -1.07. The van der Waals surface area contributed by atoms with Crippen LogP contribution >= 0.6 is 23.1 Å². The molecule has 114 valence electrons. The number of carbonyl (C=O) groups excluding carboxylic acids is 1. The number of hydrogen-bond donors (Lipinski definition) is 1. The number of aromatic nitrogens is 1. The molecular formula is C16H22N2OS2. The van der Waals surface area contributed by atoms with Crippen LogP contribution in [0.2, 0.25) is 0 Å². The van der Waals surface area contributed by atoms with Gasteiger partial charge in [0.1, 0.15) is 0 Å². The monoisotopic (exact) mass is 322 g/mol. The number of benzene rings is 1. The molecule has 0 unspecified atom stereocenters. The first-order valence-electron chi connectivity index (χ1n) is 7.20. The fraction of sp³-hybridized carbons (Fsp3) is 0.500. The number of nitrogens with zero attached hydrogens (tertiary/aromatic N) is 1. The molecule has 2 rings (SSSR count). The molecular weight excluding hydrogens is 300 g/mol. The van der Waals surface area contributed by atoms with Gasteiger partial charge in [-0.15, -0.1) is 11.3 Å². The summed E-state index contributed by atoms with van der Waals surface area (Å²) in [5.41, 5.74) is 2.20. The predicted molar refractivity (Wildman–Crippen MR) is 92.2 cm³/mol. The molecule has 0 fully saturated rings. The zero-order chi connectivity index (χ0) is 15.5. The van der Waals surface area contributed by atoms with Crippen LogP contribution in [0.4, 0.5) is 0 Å². The number of amides is 1. The molecule has 21 heavy (non-hydrogen) atoms. The molecule has 1 N–H and O–H groups in total. The average Bonchev–Trinajstić information content (AvgIpc) is 2.77. The lowest BCUT2D eigenvalue weighted by atomic mass is 10.1. The highest BCUT2D eigenvalue weighted by molar-refractivity contribution is 8.01. The highest BCUT2D eigenvalue weighted by Gasteiger charge is 2.14. The molecule has 1 heterocycles. The molecule has 0 aliphatic heterocycles. The summed E-state index contributed by atoms with van der Waals surface area (Å²) in [5, 5.41) is 2.97. The van der Waals surface area contributed by atoms with Crippen molar-refractivity contribution in [1.29, 1.82) is 0 Å². The first kappa shape index (κ1) is 16.3. The van der Waals surface area contributed by atoms with Gasteiger partial charge in [0.2, 0.25) is 5.91 Å². The highest BCUT2D eigenvalue weighted by atomic mass is 32.2. The molecule has 0 radical (unpaired) electrons. The van der Waals surface area contributed by atoms with Crippen molar-refractivity contribution in [2.24, 2.45) is 0 Å². The largest absolute Gasteiger partial charge is 0.351 e. The third-order valence-corrected chi connectivity index (χ3v) is 4.97. The Kier molecular flexibility index (Phi) is 5.27. The molecule has 1 aromatic heterocycles. The maximum atomic E-state index is 11.8. The van der Waals surface area contributed by atoms with Gasteiger partial charge in [-0.2, -0.15) is 0 Å². The minimum absolute atomic E-state index is 0.0541. The van der Waals surface area contributed by atoms with Gasteiger partial charge in [-0.05, 0) is 44.9 Å². The Bertz CT molecular complexity index is 629. The average molecular weight is 322 g/mol. The quantitative estimate of drug-likeness (QED) is 0.837. The van der Waals surface area contributed by atoms with Crippen molar-refractivity contribution in [1.82, 2.24) is 10.3 Å². The molecule has 0 saturated heterocycles. The summed E-state index contributed by atoms with van der Waals surface area (Å²) in [4.78, 5) is 16.4. The number of rotatable bonds is 5. The van der Waals surface area contributed by atoms with Crippen molar-refractivity contribution in [3.8, 4) is 0 Å². The number of hydrogen-bond acceptors (Lipinski definition) is 4. The van der Waals surface area contributed by atoms with Gasteiger partial charge in [-0.25, -0.2) is 4.98 Å². The highest BCUT2D eigenvalue weighted by Crippen LogP contribution is 2.30. The summed E-state index contributed by atoms with van der Waals surface area (Å²) in [5.74, 6) is 0.470. The van der Waals surface area contributed by atoms with E-state index in [1.54, 1.807) is 11.3 Å². The lowest BCUT2D eigenvalue weighted by Gasteiger charge is -2.19. The standard InChI is InChI=1S/C16H22N2OS2/c1-5-6-11-7-8-12-13(9-11)21-15(17-12)20-10-14(19)18-16(2,3)4/h7-9H,5-6,10H2,1-4H3,(H,18,19). The molecule has 3 nitrogen and oxygen atoms in total. The molecule has 1 aromatic carbocycles. The summed E-state index contributed by atoms with van der Waals surface area (Å²) in [6.45, 7) is 8.15. The maximum absolute atomic E-state index is 11.8. The van der Waals surface area contributed by atoms with Crippen LogP contribution in [0.1, 0.15) is 39.7 Å². The molecule has 0 saturated carbocycles. The minimum Gasteiger partial charge on any atom is -0.351 e. The molecule has 0 bridgehead atoms. The maximum Gasteiger partial charge on any atom is 0.230 e. The summed E-state index contributed by atoms with van der Waals surface area (Å²) < 4.78 is 2.17. The lowest BCUT2D eigenvalue weighted by Crippen LogP contribution is -2.41. The Morgan fingerprint density at radius 1 is 1.38 bits per heavy atom. The zero-order valence-electron chi connectivity index (χ0n) is 13.0. The third kappa shape index (κ3) is 5.00. The normalized spacial score (nSPS) is 11.8. The lowest BCUT2D eigenvalue weighted by molar-refractivity contribution is -0.119. The van der Waals surface area contributed by atoms with Gasteiger partial charge in [0.05, 0.1) is 16.0 Å². The van der Waals surface area contributed by atoms with Crippen LogP contribution in [0.25, 0.3) is 10.2 Å². The summed E-state index contributed by atoms with van der Waals surface area (Å²) in [6, 6.07) is 6.44. The van der Waals surface area contributed by atoms with E-state index >= 15 is 0 Å². The number of carbonyl (C=O) groups is 1. The van der Waals surface area contributed by atoms with Gasteiger partial charge >= 0.3 is 0 Å². The number of thioether (sulfide) groups is 1. The summed E-state index contributed by atoms with van der Waals surface area (Å²) in [7, 11) is 0. The number of nitrogens with one attached hydrogen (secondary N) is 1. The van der Waals surface area contributed by atoms with Crippen LogP contribution in [-0.4, -0.2) is 22.2 Å². The van der Waals surface area contributed by atoms with Crippen molar-refractivity contribution < 1.29 is 4.79 Å². The van der Waals surface area contributed by atoms with E-state index in [2.05, 4.69) is 35.4 Å². The molecule has 0 spiro atoms. The second kappa shape index (κ2) is 6.79. The molecule has 0 atom stereocenters. The van der Waals surface area contributed by atoms with E-state index in [1.807, 2.05) is 20.8 Å².